The first-order valence-electron chi connectivity index (χ1n) is 8.92. The van der Waals surface area contributed by atoms with Crippen molar-refractivity contribution in [3.63, 3.8) is 0 Å². The maximum atomic E-state index is 12.6. The van der Waals surface area contributed by atoms with E-state index in [1.165, 1.54) is 4.88 Å². The SMILES string of the molecule is CN1CCCC2(CCN(Cc3cnc(N4CCOCC4)s3)C2)C1=O. The number of hydrogen-bond donors (Lipinski definition) is 0. The molecule has 6 nitrogen and oxygen atoms in total. The normalized spacial score (nSPS) is 29.0. The highest BCUT2D eigenvalue weighted by atomic mass is 32.1. The van der Waals surface area contributed by atoms with Gasteiger partial charge in [-0.15, -0.1) is 11.3 Å². The number of carbonyl (C=O) groups excluding carboxylic acids is 1. The molecule has 1 aromatic heterocycles. The minimum absolute atomic E-state index is 0.120. The number of piperidine rings is 1. The van der Waals surface area contributed by atoms with Gasteiger partial charge in [-0.3, -0.25) is 9.69 Å². The number of likely N-dealkylation sites (tertiary alicyclic amines) is 2. The fraction of sp³-hybridized carbons (Fsp3) is 0.765. The minimum Gasteiger partial charge on any atom is -0.378 e. The molecule has 3 aliphatic rings. The summed E-state index contributed by atoms with van der Waals surface area (Å²) >= 11 is 1.78. The lowest BCUT2D eigenvalue weighted by atomic mass is 9.78. The van der Waals surface area contributed by atoms with Crippen molar-refractivity contribution in [2.45, 2.75) is 25.8 Å². The molecular weight excluding hydrogens is 324 g/mol. The van der Waals surface area contributed by atoms with Gasteiger partial charge in [-0.1, -0.05) is 0 Å². The summed E-state index contributed by atoms with van der Waals surface area (Å²) in [5, 5.41) is 1.11. The number of aromatic nitrogens is 1. The molecular formula is C17H26N4O2S. The summed E-state index contributed by atoms with van der Waals surface area (Å²) in [7, 11) is 1.95. The van der Waals surface area contributed by atoms with E-state index in [1.54, 1.807) is 11.3 Å². The molecule has 24 heavy (non-hydrogen) atoms. The first-order chi connectivity index (χ1) is 11.7. The molecule has 1 spiro atoms. The van der Waals surface area contributed by atoms with Gasteiger partial charge in [-0.2, -0.15) is 0 Å². The third kappa shape index (κ3) is 3.05. The lowest BCUT2D eigenvalue weighted by Crippen LogP contribution is -2.48. The summed E-state index contributed by atoms with van der Waals surface area (Å²) in [6.07, 6.45) is 5.20. The second-order valence-corrected chi connectivity index (χ2v) is 8.37. The van der Waals surface area contributed by atoms with Gasteiger partial charge in [0.2, 0.25) is 5.91 Å². The zero-order chi connectivity index (χ0) is 16.6. The van der Waals surface area contributed by atoms with E-state index in [1.807, 2.05) is 18.1 Å². The van der Waals surface area contributed by atoms with Crippen molar-refractivity contribution in [1.29, 1.82) is 0 Å². The highest BCUT2D eigenvalue weighted by Gasteiger charge is 2.47. The zero-order valence-corrected chi connectivity index (χ0v) is 15.2. The number of rotatable bonds is 3. The van der Waals surface area contributed by atoms with Crippen molar-refractivity contribution in [3.8, 4) is 0 Å². The van der Waals surface area contributed by atoms with Crippen LogP contribution in [0.5, 0.6) is 0 Å². The van der Waals surface area contributed by atoms with Gasteiger partial charge in [0.25, 0.3) is 0 Å². The third-order valence-corrected chi connectivity index (χ3v) is 6.63. The fourth-order valence-corrected chi connectivity index (χ4v) is 5.24. The lowest BCUT2D eigenvalue weighted by molar-refractivity contribution is -0.143. The number of morpholine rings is 1. The van der Waals surface area contributed by atoms with Gasteiger partial charge >= 0.3 is 0 Å². The minimum atomic E-state index is -0.120. The Labute approximate surface area is 147 Å². The maximum Gasteiger partial charge on any atom is 0.229 e. The number of ether oxygens (including phenoxy) is 1. The standard InChI is InChI=1S/C17H26N4O2S/c1-19-5-2-3-17(15(19)22)4-6-20(13-17)12-14-11-18-16(24-14)21-7-9-23-10-8-21/h11H,2-10,12-13H2,1H3. The maximum absolute atomic E-state index is 12.6. The fourth-order valence-electron chi connectivity index (χ4n) is 4.23. The van der Waals surface area contributed by atoms with E-state index in [0.717, 1.165) is 76.9 Å². The van der Waals surface area contributed by atoms with E-state index < -0.39 is 0 Å². The van der Waals surface area contributed by atoms with Crippen molar-refractivity contribution >= 4 is 22.4 Å². The van der Waals surface area contributed by atoms with Gasteiger partial charge in [-0.05, 0) is 25.8 Å². The summed E-state index contributed by atoms with van der Waals surface area (Å²) < 4.78 is 5.41. The first-order valence-corrected chi connectivity index (χ1v) is 9.73. The van der Waals surface area contributed by atoms with E-state index in [9.17, 15) is 4.79 Å². The number of anilines is 1. The molecule has 0 aromatic carbocycles. The lowest BCUT2D eigenvalue weighted by Gasteiger charge is -2.37. The molecule has 132 valence electrons. The molecule has 3 fully saturated rings. The molecule has 1 atom stereocenters. The number of nitrogens with zero attached hydrogens (tertiary/aromatic N) is 4. The predicted molar refractivity (Wildman–Crippen MR) is 94.3 cm³/mol. The largest absolute Gasteiger partial charge is 0.378 e. The summed E-state index contributed by atoms with van der Waals surface area (Å²) in [5.74, 6) is 0.356. The van der Waals surface area contributed by atoms with Gasteiger partial charge in [-0.25, -0.2) is 4.98 Å². The summed E-state index contributed by atoms with van der Waals surface area (Å²) in [5.41, 5.74) is -0.120. The summed E-state index contributed by atoms with van der Waals surface area (Å²) in [6.45, 7) is 7.20. The van der Waals surface area contributed by atoms with E-state index in [-0.39, 0.29) is 5.41 Å². The Morgan fingerprint density at radius 3 is 2.92 bits per heavy atom. The van der Waals surface area contributed by atoms with Gasteiger partial charge in [0.15, 0.2) is 5.13 Å². The highest BCUT2D eigenvalue weighted by molar-refractivity contribution is 7.15. The van der Waals surface area contributed by atoms with Gasteiger partial charge < -0.3 is 14.5 Å². The van der Waals surface area contributed by atoms with Crippen LogP contribution >= 0.6 is 11.3 Å². The second-order valence-electron chi connectivity index (χ2n) is 7.28. The average Bonchev–Trinajstić information content (AvgIpc) is 3.22. The van der Waals surface area contributed by atoms with E-state index >= 15 is 0 Å². The van der Waals surface area contributed by atoms with Crippen LogP contribution < -0.4 is 4.90 Å². The molecule has 0 saturated carbocycles. The van der Waals surface area contributed by atoms with Gasteiger partial charge in [0.05, 0.1) is 18.6 Å². The second kappa shape index (κ2) is 6.61. The Morgan fingerprint density at radius 2 is 2.08 bits per heavy atom. The molecule has 0 bridgehead atoms. The van der Waals surface area contributed by atoms with E-state index in [4.69, 9.17) is 4.74 Å². The zero-order valence-electron chi connectivity index (χ0n) is 14.4. The highest BCUT2D eigenvalue weighted by Crippen LogP contribution is 2.40. The smallest absolute Gasteiger partial charge is 0.229 e. The van der Waals surface area contributed by atoms with Crippen LogP contribution in [0.1, 0.15) is 24.1 Å². The van der Waals surface area contributed by atoms with Crippen LogP contribution in [-0.4, -0.2) is 73.7 Å². The summed E-state index contributed by atoms with van der Waals surface area (Å²) in [6, 6.07) is 0. The number of hydrogen-bond acceptors (Lipinski definition) is 6. The van der Waals surface area contributed by atoms with Crippen LogP contribution in [-0.2, 0) is 16.1 Å². The van der Waals surface area contributed by atoms with Crippen molar-refractivity contribution in [2.24, 2.45) is 5.41 Å². The van der Waals surface area contributed by atoms with Crippen molar-refractivity contribution in [2.75, 3.05) is 57.9 Å². The Morgan fingerprint density at radius 1 is 1.25 bits per heavy atom. The Kier molecular flexibility index (Phi) is 4.49. The van der Waals surface area contributed by atoms with E-state index in [0.29, 0.717) is 5.91 Å². The van der Waals surface area contributed by atoms with Crippen LogP contribution in [0.25, 0.3) is 0 Å². The van der Waals surface area contributed by atoms with Crippen LogP contribution in [0.2, 0.25) is 0 Å². The number of carbonyl (C=O) groups is 1. The molecule has 0 aliphatic carbocycles. The number of thiazole rings is 1. The molecule has 3 saturated heterocycles. The van der Waals surface area contributed by atoms with Crippen molar-refractivity contribution in [3.05, 3.63) is 11.1 Å². The third-order valence-electron chi connectivity index (χ3n) is 5.58. The molecule has 7 heteroatoms. The quantitative estimate of drug-likeness (QED) is 0.825. The van der Waals surface area contributed by atoms with Crippen molar-refractivity contribution < 1.29 is 9.53 Å². The molecule has 1 unspecified atom stereocenters. The molecule has 4 rings (SSSR count). The molecule has 0 radical (unpaired) electrons. The van der Waals surface area contributed by atoms with Crippen molar-refractivity contribution in [1.82, 2.24) is 14.8 Å². The number of amides is 1. The van der Waals surface area contributed by atoms with Gasteiger partial charge in [0, 0.05) is 50.8 Å². The molecule has 1 aromatic rings. The molecule has 1 amide bonds. The monoisotopic (exact) mass is 350 g/mol. The molecule has 4 heterocycles. The topological polar surface area (TPSA) is 48.9 Å². The summed E-state index contributed by atoms with van der Waals surface area (Å²) in [4.78, 5) is 25.2. The predicted octanol–water partition coefficient (Wildman–Crippen LogP) is 1.42. The Bertz CT molecular complexity index is 601. The van der Waals surface area contributed by atoms with Crippen LogP contribution in [0.15, 0.2) is 6.20 Å². The van der Waals surface area contributed by atoms with E-state index in [2.05, 4.69) is 14.8 Å². The first kappa shape index (κ1) is 16.3. The van der Waals surface area contributed by atoms with Gasteiger partial charge in [0.1, 0.15) is 0 Å². The average molecular weight is 350 g/mol. The Balaban J connectivity index is 1.38. The van der Waals surface area contributed by atoms with Crippen LogP contribution in [0.3, 0.4) is 0 Å². The van der Waals surface area contributed by atoms with Crippen LogP contribution in [0, 0.1) is 5.41 Å². The molecule has 3 aliphatic heterocycles. The Hall–Kier alpha value is -1.18. The molecule has 0 N–H and O–H groups in total. The van der Waals surface area contributed by atoms with Crippen LogP contribution in [0.4, 0.5) is 5.13 Å².